The van der Waals surface area contributed by atoms with E-state index in [1.807, 2.05) is 0 Å². The molecule has 2 saturated carbocycles. The number of aliphatic imine (C=N–C) groups is 1. The lowest BCUT2D eigenvalue weighted by Gasteiger charge is -2.53. The van der Waals surface area contributed by atoms with E-state index in [0.29, 0.717) is 29.6 Å². The molecule has 0 aromatic rings. The van der Waals surface area contributed by atoms with Gasteiger partial charge < -0.3 is 0 Å². The number of hydrogen-bond donors (Lipinski definition) is 0. The Morgan fingerprint density at radius 2 is 1.62 bits per heavy atom. The topological polar surface area (TPSA) is 12.4 Å². The van der Waals surface area contributed by atoms with Crippen molar-refractivity contribution >= 4 is 5.71 Å². The molecule has 114 valence electrons. The van der Waals surface area contributed by atoms with Gasteiger partial charge in [0.1, 0.15) is 0 Å². The fourth-order valence-electron chi connectivity index (χ4n) is 5.39. The first kappa shape index (κ1) is 14.8. The lowest BCUT2D eigenvalue weighted by atomic mass is 9.52. The average Bonchev–Trinajstić information content (AvgIpc) is 2.43. The Morgan fingerprint density at radius 3 is 2.24 bits per heavy atom. The molecule has 2 fully saturated rings. The predicted molar refractivity (Wildman–Crippen MR) is 91.4 cm³/mol. The first-order valence-corrected chi connectivity index (χ1v) is 8.47. The number of allylic oxidation sites excluding steroid dienone is 4. The predicted octanol–water partition coefficient (Wildman–Crippen LogP) is 5.56. The second kappa shape index (κ2) is 5.26. The monoisotopic (exact) mass is 283 g/mol. The van der Waals surface area contributed by atoms with Gasteiger partial charge in [0.25, 0.3) is 0 Å². The van der Waals surface area contributed by atoms with Crippen molar-refractivity contribution in [1.82, 2.24) is 0 Å². The van der Waals surface area contributed by atoms with Crippen molar-refractivity contribution in [2.75, 3.05) is 0 Å². The lowest BCUT2D eigenvalue weighted by Crippen LogP contribution is -2.47. The van der Waals surface area contributed by atoms with Crippen LogP contribution in [0.3, 0.4) is 0 Å². The summed E-state index contributed by atoms with van der Waals surface area (Å²) < 4.78 is 0. The maximum Gasteiger partial charge on any atom is 0.0367 e. The zero-order valence-corrected chi connectivity index (χ0v) is 14.1. The first-order chi connectivity index (χ1) is 9.91. The van der Waals surface area contributed by atoms with Gasteiger partial charge in [0.05, 0.1) is 0 Å². The van der Waals surface area contributed by atoms with Gasteiger partial charge in [-0.2, -0.15) is 0 Å². The van der Waals surface area contributed by atoms with E-state index in [2.05, 4.69) is 40.9 Å². The molecule has 5 unspecified atom stereocenters. The van der Waals surface area contributed by atoms with E-state index in [4.69, 9.17) is 4.99 Å². The van der Waals surface area contributed by atoms with Crippen molar-refractivity contribution in [3.63, 3.8) is 0 Å². The van der Waals surface area contributed by atoms with E-state index in [9.17, 15) is 0 Å². The molecule has 5 atom stereocenters. The van der Waals surface area contributed by atoms with Crippen LogP contribution in [0.2, 0.25) is 0 Å². The minimum absolute atomic E-state index is 0.668. The molecule has 1 heteroatoms. The number of hydrogen-bond acceptors (Lipinski definition) is 1. The molecular formula is C20H29N. The zero-order valence-electron chi connectivity index (χ0n) is 14.1. The molecule has 0 N–H and O–H groups in total. The molecule has 0 bridgehead atoms. The normalized spacial score (nSPS) is 38.7. The van der Waals surface area contributed by atoms with Crippen LogP contribution in [-0.2, 0) is 0 Å². The van der Waals surface area contributed by atoms with Crippen LogP contribution in [0, 0.1) is 29.6 Å². The number of rotatable bonds is 2. The molecule has 21 heavy (non-hydrogen) atoms. The smallest absolute Gasteiger partial charge is 0.0367 e. The van der Waals surface area contributed by atoms with Crippen molar-refractivity contribution in [3.8, 4) is 0 Å². The fourth-order valence-corrected chi connectivity index (χ4v) is 5.39. The molecule has 3 aliphatic rings. The van der Waals surface area contributed by atoms with E-state index >= 15 is 0 Å². The fraction of sp³-hybridized carbons (Fsp3) is 0.650. The van der Waals surface area contributed by atoms with Gasteiger partial charge in [-0.1, -0.05) is 24.3 Å². The number of nitrogens with zero attached hydrogens (tertiary/aromatic N) is 1. The van der Waals surface area contributed by atoms with Gasteiger partial charge in [0.2, 0.25) is 0 Å². The second-order valence-electron chi connectivity index (χ2n) is 7.60. The van der Waals surface area contributed by atoms with Gasteiger partial charge in [-0.05, 0) is 82.6 Å². The van der Waals surface area contributed by atoms with Crippen LogP contribution in [-0.4, -0.2) is 5.71 Å². The quantitative estimate of drug-likeness (QED) is 0.589. The van der Waals surface area contributed by atoms with E-state index in [1.165, 1.54) is 48.2 Å². The summed E-state index contributed by atoms with van der Waals surface area (Å²) in [5, 5.41) is 0. The minimum atomic E-state index is 0.668. The lowest BCUT2D eigenvalue weighted by molar-refractivity contribution is 0.0927. The summed E-state index contributed by atoms with van der Waals surface area (Å²) in [4.78, 5) is 4.88. The van der Waals surface area contributed by atoms with E-state index in [0.717, 1.165) is 0 Å². The SMILES string of the molecule is C=C(C)C1CCC2=C(C)N=C(C)C3CCC(C(=C)C)C1C23. The van der Waals surface area contributed by atoms with Crippen LogP contribution >= 0.6 is 0 Å². The maximum atomic E-state index is 4.88. The summed E-state index contributed by atoms with van der Waals surface area (Å²) in [6, 6.07) is 0. The van der Waals surface area contributed by atoms with Crippen LogP contribution in [0.15, 0.2) is 40.6 Å². The van der Waals surface area contributed by atoms with E-state index < -0.39 is 0 Å². The zero-order chi connectivity index (χ0) is 15.3. The van der Waals surface area contributed by atoms with Crippen LogP contribution in [0.1, 0.15) is 53.4 Å². The van der Waals surface area contributed by atoms with Crippen LogP contribution in [0.5, 0.6) is 0 Å². The summed E-state index contributed by atoms with van der Waals surface area (Å²) >= 11 is 0. The first-order valence-electron chi connectivity index (χ1n) is 8.47. The van der Waals surface area contributed by atoms with Crippen molar-refractivity contribution in [1.29, 1.82) is 0 Å². The standard InChI is InChI=1S/C20H29N/c1-11(2)15-7-9-17-13(5)21-14(6)18-10-8-16(12(3)4)19(15)20(17)18/h15-17,19-20H,1,3,7-10H2,2,4-6H3. The summed E-state index contributed by atoms with van der Waals surface area (Å²) in [6.07, 6.45) is 5.05. The molecule has 0 aromatic carbocycles. The highest BCUT2D eigenvalue weighted by Crippen LogP contribution is 2.56. The Kier molecular flexibility index (Phi) is 3.71. The maximum absolute atomic E-state index is 4.88. The Hall–Kier alpha value is -1.11. The third-order valence-corrected chi connectivity index (χ3v) is 6.30. The largest absolute Gasteiger partial charge is 0.263 e. The van der Waals surface area contributed by atoms with Gasteiger partial charge in [0.15, 0.2) is 0 Å². The summed E-state index contributed by atoms with van der Waals surface area (Å²) in [6.45, 7) is 17.6. The average molecular weight is 283 g/mol. The highest BCUT2D eigenvalue weighted by Gasteiger charge is 2.49. The van der Waals surface area contributed by atoms with Gasteiger partial charge in [0, 0.05) is 17.3 Å². The Bertz CT molecular complexity index is 532. The van der Waals surface area contributed by atoms with Crippen LogP contribution < -0.4 is 0 Å². The van der Waals surface area contributed by atoms with Crippen molar-refractivity contribution in [2.24, 2.45) is 34.6 Å². The molecule has 0 radical (unpaired) electrons. The molecule has 1 nitrogen and oxygen atoms in total. The Balaban J connectivity index is 2.08. The minimum Gasteiger partial charge on any atom is -0.263 e. The Morgan fingerprint density at radius 1 is 1.00 bits per heavy atom. The summed E-state index contributed by atoms with van der Waals surface area (Å²) in [5.74, 6) is 3.42. The summed E-state index contributed by atoms with van der Waals surface area (Å²) in [5.41, 5.74) is 7.08. The van der Waals surface area contributed by atoms with Crippen molar-refractivity contribution < 1.29 is 0 Å². The van der Waals surface area contributed by atoms with Gasteiger partial charge >= 0.3 is 0 Å². The third kappa shape index (κ3) is 2.25. The van der Waals surface area contributed by atoms with Gasteiger partial charge in [-0.25, -0.2) is 0 Å². The Labute approximate surface area is 129 Å². The molecular weight excluding hydrogens is 254 g/mol. The molecule has 0 amide bonds. The molecule has 1 aliphatic heterocycles. The van der Waals surface area contributed by atoms with Crippen LogP contribution in [0.4, 0.5) is 0 Å². The summed E-state index contributed by atoms with van der Waals surface area (Å²) in [7, 11) is 0. The molecule has 0 spiro atoms. The second-order valence-corrected chi connectivity index (χ2v) is 7.60. The highest BCUT2D eigenvalue weighted by atomic mass is 14.8. The van der Waals surface area contributed by atoms with Crippen molar-refractivity contribution in [2.45, 2.75) is 53.4 Å². The molecule has 3 rings (SSSR count). The molecule has 2 aliphatic carbocycles. The van der Waals surface area contributed by atoms with Crippen LogP contribution in [0.25, 0.3) is 0 Å². The third-order valence-electron chi connectivity index (χ3n) is 6.30. The van der Waals surface area contributed by atoms with Gasteiger partial charge in [-0.3, -0.25) is 4.99 Å². The molecule has 1 heterocycles. The highest BCUT2D eigenvalue weighted by molar-refractivity contribution is 5.87. The van der Waals surface area contributed by atoms with Gasteiger partial charge in [-0.15, -0.1) is 0 Å². The van der Waals surface area contributed by atoms with E-state index in [1.54, 1.807) is 5.57 Å². The molecule has 0 aromatic heterocycles. The molecule has 0 saturated heterocycles. The van der Waals surface area contributed by atoms with E-state index in [-0.39, 0.29) is 0 Å². The van der Waals surface area contributed by atoms with Crippen molar-refractivity contribution in [3.05, 3.63) is 35.6 Å².